The summed E-state index contributed by atoms with van der Waals surface area (Å²) in [6, 6.07) is 8.72. The van der Waals surface area contributed by atoms with E-state index in [1.807, 2.05) is 12.1 Å². The topological polar surface area (TPSA) is 50.2 Å². The highest BCUT2D eigenvalue weighted by Crippen LogP contribution is 2.29. The lowest BCUT2D eigenvalue weighted by molar-refractivity contribution is 0.112. The van der Waals surface area contributed by atoms with Crippen LogP contribution in [0, 0.1) is 0 Å². The smallest absolute Gasteiger partial charge is 0.153 e. The lowest BCUT2D eigenvalue weighted by atomic mass is 10.2. The molecule has 0 fully saturated rings. The van der Waals surface area contributed by atoms with Crippen LogP contribution in [-0.4, -0.2) is 16.4 Å². The SMILES string of the molecule is O=Cc1cc(Sc2cccnc2)ccc1O. The van der Waals surface area contributed by atoms with Gasteiger partial charge < -0.3 is 5.11 Å². The predicted molar refractivity (Wildman–Crippen MR) is 61.9 cm³/mol. The van der Waals surface area contributed by atoms with Gasteiger partial charge in [-0.15, -0.1) is 0 Å². The average Bonchev–Trinajstić information content (AvgIpc) is 2.33. The Bertz CT molecular complexity index is 500. The zero-order valence-corrected chi connectivity index (χ0v) is 9.15. The minimum atomic E-state index is 0.00513. The summed E-state index contributed by atoms with van der Waals surface area (Å²) in [6.45, 7) is 0. The van der Waals surface area contributed by atoms with E-state index in [-0.39, 0.29) is 5.75 Å². The number of aromatic nitrogens is 1. The summed E-state index contributed by atoms with van der Waals surface area (Å²) >= 11 is 1.49. The third-order valence-electron chi connectivity index (χ3n) is 2.00. The molecule has 1 aromatic heterocycles. The highest BCUT2D eigenvalue weighted by atomic mass is 32.2. The number of carbonyl (C=O) groups is 1. The molecule has 0 aliphatic carbocycles. The second kappa shape index (κ2) is 4.81. The van der Waals surface area contributed by atoms with Crippen molar-refractivity contribution in [2.75, 3.05) is 0 Å². The fourth-order valence-electron chi connectivity index (χ4n) is 1.23. The monoisotopic (exact) mass is 231 g/mol. The van der Waals surface area contributed by atoms with Crippen LogP contribution in [0.4, 0.5) is 0 Å². The van der Waals surface area contributed by atoms with Gasteiger partial charge in [0.15, 0.2) is 6.29 Å². The van der Waals surface area contributed by atoms with Gasteiger partial charge in [-0.05, 0) is 30.3 Å². The van der Waals surface area contributed by atoms with Crippen molar-refractivity contribution in [2.24, 2.45) is 0 Å². The van der Waals surface area contributed by atoms with Gasteiger partial charge in [-0.25, -0.2) is 0 Å². The molecular formula is C12H9NO2S. The maximum atomic E-state index is 10.7. The Balaban J connectivity index is 2.26. The highest BCUT2D eigenvalue weighted by Gasteiger charge is 2.03. The van der Waals surface area contributed by atoms with Crippen LogP contribution in [0.1, 0.15) is 10.4 Å². The lowest BCUT2D eigenvalue weighted by Crippen LogP contribution is -1.82. The van der Waals surface area contributed by atoms with Gasteiger partial charge in [0.2, 0.25) is 0 Å². The third-order valence-corrected chi connectivity index (χ3v) is 2.96. The summed E-state index contributed by atoms with van der Waals surface area (Å²) in [7, 11) is 0. The molecule has 0 saturated carbocycles. The zero-order valence-electron chi connectivity index (χ0n) is 8.33. The Kier molecular flexibility index (Phi) is 3.22. The van der Waals surface area contributed by atoms with Crippen LogP contribution in [0.2, 0.25) is 0 Å². The van der Waals surface area contributed by atoms with Crippen molar-refractivity contribution < 1.29 is 9.90 Å². The van der Waals surface area contributed by atoms with Crippen LogP contribution in [0.5, 0.6) is 5.75 Å². The maximum absolute atomic E-state index is 10.7. The number of phenolic OH excluding ortho intramolecular Hbond substituents is 1. The molecule has 16 heavy (non-hydrogen) atoms. The Labute approximate surface area is 97.2 Å². The molecule has 2 rings (SSSR count). The normalized spacial score (nSPS) is 10.0. The number of carbonyl (C=O) groups excluding carboxylic acids is 1. The van der Waals surface area contributed by atoms with Gasteiger partial charge in [-0.1, -0.05) is 11.8 Å². The first-order valence-electron chi connectivity index (χ1n) is 4.65. The summed E-state index contributed by atoms with van der Waals surface area (Å²) in [5.41, 5.74) is 0.300. The van der Waals surface area contributed by atoms with Gasteiger partial charge in [0.1, 0.15) is 5.75 Å². The van der Waals surface area contributed by atoms with Crippen LogP contribution < -0.4 is 0 Å². The minimum absolute atomic E-state index is 0.00513. The molecule has 4 heteroatoms. The first-order chi connectivity index (χ1) is 7.79. The Morgan fingerprint density at radius 2 is 2.12 bits per heavy atom. The first-order valence-corrected chi connectivity index (χ1v) is 5.47. The molecule has 0 spiro atoms. The molecule has 1 heterocycles. The average molecular weight is 231 g/mol. The second-order valence-corrected chi connectivity index (χ2v) is 4.28. The minimum Gasteiger partial charge on any atom is -0.507 e. The number of hydrogen-bond acceptors (Lipinski definition) is 4. The van der Waals surface area contributed by atoms with E-state index in [0.717, 1.165) is 9.79 Å². The highest BCUT2D eigenvalue weighted by molar-refractivity contribution is 7.99. The molecule has 2 aromatic rings. The van der Waals surface area contributed by atoms with Crippen molar-refractivity contribution in [3.8, 4) is 5.75 Å². The van der Waals surface area contributed by atoms with E-state index < -0.39 is 0 Å². The molecule has 0 radical (unpaired) electrons. The van der Waals surface area contributed by atoms with Crippen molar-refractivity contribution in [1.29, 1.82) is 0 Å². The molecule has 0 amide bonds. The number of pyridine rings is 1. The Hall–Kier alpha value is -1.81. The van der Waals surface area contributed by atoms with Gasteiger partial charge >= 0.3 is 0 Å². The van der Waals surface area contributed by atoms with E-state index in [1.54, 1.807) is 24.5 Å². The van der Waals surface area contributed by atoms with E-state index in [1.165, 1.54) is 17.8 Å². The number of aldehydes is 1. The quantitative estimate of drug-likeness (QED) is 0.825. The van der Waals surface area contributed by atoms with E-state index in [2.05, 4.69) is 4.98 Å². The molecule has 1 aromatic carbocycles. The predicted octanol–water partition coefficient (Wildman–Crippen LogP) is 2.75. The lowest BCUT2D eigenvalue weighted by Gasteiger charge is -2.02. The molecule has 0 aliphatic heterocycles. The fourth-order valence-corrected chi connectivity index (χ4v) is 2.09. The number of benzene rings is 1. The molecule has 0 atom stereocenters. The van der Waals surface area contributed by atoms with E-state index in [0.29, 0.717) is 11.8 Å². The van der Waals surface area contributed by atoms with Crippen molar-refractivity contribution in [1.82, 2.24) is 4.98 Å². The number of phenols is 1. The molecule has 0 saturated heterocycles. The Morgan fingerprint density at radius 3 is 2.81 bits per heavy atom. The third kappa shape index (κ3) is 2.41. The van der Waals surface area contributed by atoms with E-state index >= 15 is 0 Å². The number of aromatic hydroxyl groups is 1. The standard InChI is InChI=1S/C12H9NO2S/c14-8-9-6-10(3-4-12(9)15)16-11-2-1-5-13-7-11/h1-8,15H. The van der Waals surface area contributed by atoms with Gasteiger partial charge in [0.05, 0.1) is 5.56 Å². The van der Waals surface area contributed by atoms with Crippen molar-refractivity contribution in [3.63, 3.8) is 0 Å². The van der Waals surface area contributed by atoms with E-state index in [9.17, 15) is 9.90 Å². The molecule has 0 bridgehead atoms. The summed E-state index contributed by atoms with van der Waals surface area (Å²) in [5, 5.41) is 9.35. The van der Waals surface area contributed by atoms with Gasteiger partial charge in [-0.2, -0.15) is 0 Å². The summed E-state index contributed by atoms with van der Waals surface area (Å²) < 4.78 is 0. The van der Waals surface area contributed by atoms with Crippen molar-refractivity contribution >= 4 is 18.0 Å². The fraction of sp³-hybridized carbons (Fsp3) is 0. The van der Waals surface area contributed by atoms with Gasteiger partial charge in [0, 0.05) is 22.2 Å². The number of rotatable bonds is 3. The summed E-state index contributed by atoms with van der Waals surface area (Å²) in [6.07, 6.45) is 4.10. The van der Waals surface area contributed by atoms with E-state index in [4.69, 9.17) is 0 Å². The van der Waals surface area contributed by atoms with Crippen molar-refractivity contribution in [2.45, 2.75) is 9.79 Å². The summed E-state index contributed by atoms with van der Waals surface area (Å²) in [5.74, 6) is 0.00513. The molecule has 0 aliphatic rings. The van der Waals surface area contributed by atoms with Gasteiger partial charge in [-0.3, -0.25) is 9.78 Å². The largest absolute Gasteiger partial charge is 0.507 e. The maximum Gasteiger partial charge on any atom is 0.153 e. The second-order valence-electron chi connectivity index (χ2n) is 3.13. The molecule has 0 unspecified atom stereocenters. The van der Waals surface area contributed by atoms with Crippen LogP contribution in [0.3, 0.4) is 0 Å². The zero-order chi connectivity index (χ0) is 11.4. The number of hydrogen-bond donors (Lipinski definition) is 1. The molecule has 3 nitrogen and oxygen atoms in total. The summed E-state index contributed by atoms with van der Waals surface area (Å²) in [4.78, 5) is 16.5. The molecule has 1 N–H and O–H groups in total. The van der Waals surface area contributed by atoms with Crippen LogP contribution in [0.15, 0.2) is 52.5 Å². The Morgan fingerprint density at radius 1 is 1.25 bits per heavy atom. The molecular weight excluding hydrogens is 222 g/mol. The van der Waals surface area contributed by atoms with Crippen molar-refractivity contribution in [3.05, 3.63) is 48.3 Å². The van der Waals surface area contributed by atoms with Crippen LogP contribution >= 0.6 is 11.8 Å². The van der Waals surface area contributed by atoms with Gasteiger partial charge in [0.25, 0.3) is 0 Å². The van der Waals surface area contributed by atoms with Crippen LogP contribution in [0.25, 0.3) is 0 Å². The van der Waals surface area contributed by atoms with Crippen LogP contribution in [-0.2, 0) is 0 Å². The molecule has 80 valence electrons. The number of nitrogens with zero attached hydrogens (tertiary/aromatic N) is 1. The first kappa shape index (κ1) is 10.7.